The monoisotopic (exact) mass is 266 g/mol. The molecule has 1 N–H and O–H groups in total. The van der Waals surface area contributed by atoms with Crippen LogP contribution in [0.4, 0.5) is 5.88 Å². The van der Waals surface area contributed by atoms with E-state index in [2.05, 4.69) is 20.4 Å². The summed E-state index contributed by atoms with van der Waals surface area (Å²) in [5, 5.41) is 6.60. The van der Waals surface area contributed by atoms with E-state index in [4.69, 9.17) is 16.1 Å². The van der Waals surface area contributed by atoms with Gasteiger partial charge < -0.3 is 4.52 Å². The van der Waals surface area contributed by atoms with E-state index in [-0.39, 0.29) is 22.6 Å². The predicted octanol–water partition coefficient (Wildman–Crippen LogP) is 2.49. The highest BCUT2D eigenvalue weighted by Gasteiger charge is 2.13. The lowest BCUT2D eigenvalue weighted by Crippen LogP contribution is -2.13. The number of nitrogens with zero attached hydrogens (tertiary/aromatic N) is 3. The van der Waals surface area contributed by atoms with Gasteiger partial charge in [0.15, 0.2) is 0 Å². The van der Waals surface area contributed by atoms with Crippen molar-refractivity contribution in [1.82, 2.24) is 15.1 Å². The first-order chi connectivity index (χ1) is 8.56. The molecule has 0 saturated heterocycles. The molecule has 0 bridgehead atoms. The number of rotatable bonds is 3. The number of anilines is 1. The summed E-state index contributed by atoms with van der Waals surface area (Å²) in [6, 6.07) is 1.67. The van der Waals surface area contributed by atoms with Crippen molar-refractivity contribution in [3.63, 3.8) is 0 Å². The Morgan fingerprint density at radius 1 is 1.39 bits per heavy atom. The summed E-state index contributed by atoms with van der Waals surface area (Å²) in [5.74, 6) is 0.0841. The van der Waals surface area contributed by atoms with Gasteiger partial charge in [0.2, 0.25) is 5.88 Å². The van der Waals surface area contributed by atoms with Gasteiger partial charge in [-0.25, -0.2) is 9.97 Å². The van der Waals surface area contributed by atoms with E-state index in [1.165, 1.54) is 12.4 Å². The van der Waals surface area contributed by atoms with E-state index in [0.717, 1.165) is 5.69 Å². The average Bonchev–Trinajstić information content (AvgIpc) is 2.78. The highest BCUT2D eigenvalue weighted by atomic mass is 35.5. The highest BCUT2D eigenvalue weighted by Crippen LogP contribution is 2.17. The molecule has 0 saturated carbocycles. The molecule has 94 valence electrons. The number of carbonyl (C=O) groups is 1. The van der Waals surface area contributed by atoms with Gasteiger partial charge >= 0.3 is 0 Å². The summed E-state index contributed by atoms with van der Waals surface area (Å²) in [7, 11) is 0. The second-order valence-corrected chi connectivity index (χ2v) is 4.34. The van der Waals surface area contributed by atoms with Gasteiger partial charge in [-0.2, -0.15) is 0 Å². The Morgan fingerprint density at radius 2 is 2.17 bits per heavy atom. The minimum absolute atomic E-state index is 0.155. The lowest BCUT2D eigenvalue weighted by atomic mass is 10.1. The number of amides is 1. The molecular formula is C11H11ClN4O2. The van der Waals surface area contributed by atoms with E-state index < -0.39 is 5.91 Å². The molecule has 2 heterocycles. The van der Waals surface area contributed by atoms with Crippen LogP contribution in [0.5, 0.6) is 0 Å². The molecule has 18 heavy (non-hydrogen) atoms. The summed E-state index contributed by atoms with van der Waals surface area (Å²) >= 11 is 5.58. The Morgan fingerprint density at radius 3 is 2.72 bits per heavy atom. The lowest BCUT2D eigenvalue weighted by Gasteiger charge is -1.99. The summed E-state index contributed by atoms with van der Waals surface area (Å²) in [5.41, 5.74) is 0.925. The van der Waals surface area contributed by atoms with Gasteiger partial charge in [0.25, 0.3) is 5.91 Å². The van der Waals surface area contributed by atoms with E-state index in [1.807, 2.05) is 13.8 Å². The van der Waals surface area contributed by atoms with Gasteiger partial charge in [0, 0.05) is 6.07 Å². The molecule has 0 unspecified atom stereocenters. The lowest BCUT2D eigenvalue weighted by molar-refractivity contribution is 0.101. The second kappa shape index (κ2) is 5.14. The Hall–Kier alpha value is -1.95. The third kappa shape index (κ3) is 2.84. The first-order valence-corrected chi connectivity index (χ1v) is 5.69. The van der Waals surface area contributed by atoms with Crippen LogP contribution < -0.4 is 5.32 Å². The first kappa shape index (κ1) is 12.5. The topological polar surface area (TPSA) is 80.9 Å². The third-order valence-electron chi connectivity index (χ3n) is 2.21. The van der Waals surface area contributed by atoms with Crippen molar-refractivity contribution in [1.29, 1.82) is 0 Å². The summed E-state index contributed by atoms with van der Waals surface area (Å²) < 4.78 is 4.99. The van der Waals surface area contributed by atoms with Gasteiger partial charge in [-0.3, -0.25) is 10.1 Å². The molecule has 6 nitrogen and oxygen atoms in total. The molecule has 7 heteroatoms. The summed E-state index contributed by atoms with van der Waals surface area (Å²) in [6.45, 7) is 3.96. The zero-order valence-corrected chi connectivity index (χ0v) is 10.6. The fourth-order valence-electron chi connectivity index (χ4n) is 1.23. The maximum absolute atomic E-state index is 11.8. The van der Waals surface area contributed by atoms with Gasteiger partial charge in [0.1, 0.15) is 10.8 Å². The van der Waals surface area contributed by atoms with Crippen molar-refractivity contribution in [2.45, 2.75) is 19.8 Å². The fraction of sp³-hybridized carbons (Fsp3) is 0.273. The molecule has 0 aromatic carbocycles. The molecule has 0 spiro atoms. The normalized spacial score (nSPS) is 10.7. The van der Waals surface area contributed by atoms with Crippen LogP contribution in [0.2, 0.25) is 5.15 Å². The van der Waals surface area contributed by atoms with Crippen LogP contribution in [-0.2, 0) is 0 Å². The van der Waals surface area contributed by atoms with Crippen LogP contribution in [0.1, 0.15) is 35.9 Å². The molecule has 2 rings (SSSR count). The SMILES string of the molecule is CC(C)c1cc(NC(=O)c2cnc(Cl)cn2)on1. The van der Waals surface area contributed by atoms with Crippen LogP contribution in [0.3, 0.4) is 0 Å². The maximum atomic E-state index is 11.8. The quantitative estimate of drug-likeness (QED) is 0.923. The minimum Gasteiger partial charge on any atom is -0.338 e. The highest BCUT2D eigenvalue weighted by molar-refractivity contribution is 6.29. The summed E-state index contributed by atoms with van der Waals surface area (Å²) in [6.07, 6.45) is 2.59. The number of nitrogens with one attached hydrogen (secondary N) is 1. The van der Waals surface area contributed by atoms with E-state index in [1.54, 1.807) is 6.07 Å². The zero-order valence-electron chi connectivity index (χ0n) is 9.85. The fourth-order valence-corrected chi connectivity index (χ4v) is 1.32. The zero-order chi connectivity index (χ0) is 13.1. The van der Waals surface area contributed by atoms with Crippen molar-refractivity contribution in [2.75, 3.05) is 5.32 Å². The maximum Gasteiger partial charge on any atom is 0.278 e. The molecule has 2 aromatic heterocycles. The molecule has 0 aliphatic rings. The molecule has 0 aliphatic heterocycles. The van der Waals surface area contributed by atoms with Crippen LogP contribution in [0.15, 0.2) is 23.0 Å². The van der Waals surface area contributed by atoms with Crippen LogP contribution in [-0.4, -0.2) is 21.0 Å². The number of hydrogen-bond donors (Lipinski definition) is 1. The smallest absolute Gasteiger partial charge is 0.278 e. The standard InChI is InChI=1S/C11H11ClN4O2/c1-6(2)7-3-10(18-16-7)15-11(17)8-4-14-9(12)5-13-8/h3-6H,1-2H3,(H,15,17). The van der Waals surface area contributed by atoms with Gasteiger partial charge in [-0.15, -0.1) is 0 Å². The Labute approximate surface area is 108 Å². The predicted molar refractivity (Wildman–Crippen MR) is 65.6 cm³/mol. The van der Waals surface area contributed by atoms with Crippen molar-refractivity contribution in [3.05, 3.63) is 35.0 Å². The van der Waals surface area contributed by atoms with Gasteiger partial charge in [0.05, 0.1) is 18.1 Å². The molecule has 0 fully saturated rings. The van der Waals surface area contributed by atoms with E-state index in [9.17, 15) is 4.79 Å². The molecule has 2 aromatic rings. The van der Waals surface area contributed by atoms with Crippen LogP contribution in [0.25, 0.3) is 0 Å². The van der Waals surface area contributed by atoms with E-state index in [0.29, 0.717) is 0 Å². The molecule has 0 radical (unpaired) electrons. The largest absolute Gasteiger partial charge is 0.338 e. The van der Waals surface area contributed by atoms with Crippen molar-refractivity contribution < 1.29 is 9.32 Å². The van der Waals surface area contributed by atoms with E-state index >= 15 is 0 Å². The average molecular weight is 267 g/mol. The Bertz CT molecular complexity index is 550. The van der Waals surface area contributed by atoms with Crippen molar-refractivity contribution in [2.24, 2.45) is 0 Å². The van der Waals surface area contributed by atoms with Crippen LogP contribution in [0, 0.1) is 0 Å². The molecular weight excluding hydrogens is 256 g/mol. The number of halogens is 1. The van der Waals surface area contributed by atoms with Gasteiger partial charge in [-0.05, 0) is 5.92 Å². The number of hydrogen-bond acceptors (Lipinski definition) is 5. The van der Waals surface area contributed by atoms with Crippen molar-refractivity contribution in [3.8, 4) is 0 Å². The number of aromatic nitrogens is 3. The van der Waals surface area contributed by atoms with Crippen molar-refractivity contribution >= 4 is 23.4 Å². The Kier molecular flexibility index (Phi) is 3.57. The Balaban J connectivity index is 2.08. The molecule has 1 amide bonds. The summed E-state index contributed by atoms with van der Waals surface area (Å²) in [4.78, 5) is 19.4. The van der Waals surface area contributed by atoms with Gasteiger partial charge in [-0.1, -0.05) is 30.6 Å². The third-order valence-corrected chi connectivity index (χ3v) is 2.40. The molecule has 0 atom stereocenters. The second-order valence-electron chi connectivity index (χ2n) is 3.95. The number of carbonyl (C=O) groups excluding carboxylic acids is 1. The molecule has 0 aliphatic carbocycles. The van der Waals surface area contributed by atoms with Crippen LogP contribution >= 0.6 is 11.6 Å². The minimum atomic E-state index is -0.425. The first-order valence-electron chi connectivity index (χ1n) is 5.32.